The standard InChI is InChI=1S/C15H19F2NO/c1-18-14(11-7-9-5-6-15(11)19-9)8-10-12(16)3-2-4-13(10)17/h2-4,9,11,14-15,18H,5-8H2,1H3. The number of likely N-dealkylation sites (N-methyl/N-ethyl adjacent to an activating group) is 1. The van der Waals surface area contributed by atoms with E-state index in [0.717, 1.165) is 19.3 Å². The summed E-state index contributed by atoms with van der Waals surface area (Å²) in [5.74, 6) is -0.545. The Kier molecular flexibility index (Phi) is 3.54. The molecule has 0 spiro atoms. The van der Waals surface area contributed by atoms with Crippen LogP contribution in [0.25, 0.3) is 0 Å². The van der Waals surface area contributed by atoms with Gasteiger partial charge >= 0.3 is 0 Å². The smallest absolute Gasteiger partial charge is 0.129 e. The van der Waals surface area contributed by atoms with E-state index >= 15 is 0 Å². The number of halogens is 2. The fraction of sp³-hybridized carbons (Fsp3) is 0.600. The van der Waals surface area contributed by atoms with Gasteiger partial charge < -0.3 is 10.1 Å². The molecule has 4 atom stereocenters. The van der Waals surface area contributed by atoms with Crippen LogP contribution in [0.2, 0.25) is 0 Å². The van der Waals surface area contributed by atoms with E-state index in [1.807, 2.05) is 7.05 Å². The average Bonchev–Trinajstić information content (AvgIpc) is 3.01. The molecule has 2 aliphatic rings. The van der Waals surface area contributed by atoms with Crippen LogP contribution < -0.4 is 5.32 Å². The molecule has 2 saturated heterocycles. The molecule has 2 fully saturated rings. The number of fused-ring (bicyclic) bond motifs is 2. The van der Waals surface area contributed by atoms with Crippen molar-refractivity contribution in [3.8, 4) is 0 Å². The Balaban J connectivity index is 1.77. The molecule has 0 aromatic heterocycles. The third-order valence-electron chi connectivity index (χ3n) is 4.53. The average molecular weight is 267 g/mol. The maximum atomic E-state index is 13.7. The van der Waals surface area contributed by atoms with Gasteiger partial charge in [0.1, 0.15) is 11.6 Å². The normalized spacial score (nSPS) is 30.8. The predicted molar refractivity (Wildman–Crippen MR) is 68.9 cm³/mol. The Hall–Kier alpha value is -1.00. The largest absolute Gasteiger partial charge is 0.375 e. The molecule has 1 aromatic rings. The number of nitrogens with one attached hydrogen (secondary N) is 1. The molecule has 1 aromatic carbocycles. The summed E-state index contributed by atoms with van der Waals surface area (Å²) >= 11 is 0. The molecule has 3 rings (SSSR count). The van der Waals surface area contributed by atoms with Crippen LogP contribution in [-0.4, -0.2) is 25.3 Å². The quantitative estimate of drug-likeness (QED) is 0.905. The lowest BCUT2D eigenvalue weighted by Crippen LogP contribution is -2.40. The number of rotatable bonds is 4. The van der Waals surface area contributed by atoms with Gasteiger partial charge in [-0.15, -0.1) is 0 Å². The van der Waals surface area contributed by atoms with E-state index in [1.165, 1.54) is 18.2 Å². The predicted octanol–water partition coefficient (Wildman–Crippen LogP) is 2.66. The van der Waals surface area contributed by atoms with E-state index < -0.39 is 11.6 Å². The first-order valence-electron chi connectivity index (χ1n) is 6.94. The van der Waals surface area contributed by atoms with Crippen LogP contribution in [0.1, 0.15) is 24.8 Å². The molecule has 4 heteroatoms. The molecule has 104 valence electrons. The van der Waals surface area contributed by atoms with Crippen molar-refractivity contribution in [1.82, 2.24) is 5.32 Å². The summed E-state index contributed by atoms with van der Waals surface area (Å²) in [6.07, 6.45) is 4.21. The van der Waals surface area contributed by atoms with Gasteiger partial charge in [-0.3, -0.25) is 0 Å². The molecule has 2 bridgehead atoms. The fourth-order valence-corrected chi connectivity index (χ4v) is 3.52. The van der Waals surface area contributed by atoms with Gasteiger partial charge in [0.2, 0.25) is 0 Å². The highest BCUT2D eigenvalue weighted by molar-refractivity contribution is 5.21. The van der Waals surface area contributed by atoms with Crippen molar-refractivity contribution in [1.29, 1.82) is 0 Å². The Morgan fingerprint density at radius 3 is 2.58 bits per heavy atom. The van der Waals surface area contributed by atoms with Crippen LogP contribution in [0.5, 0.6) is 0 Å². The van der Waals surface area contributed by atoms with Gasteiger partial charge in [-0.05, 0) is 44.9 Å². The van der Waals surface area contributed by atoms with E-state index in [4.69, 9.17) is 4.74 Å². The van der Waals surface area contributed by atoms with Crippen molar-refractivity contribution in [3.05, 3.63) is 35.4 Å². The van der Waals surface area contributed by atoms with Crippen molar-refractivity contribution in [2.75, 3.05) is 7.05 Å². The van der Waals surface area contributed by atoms with Gasteiger partial charge in [-0.2, -0.15) is 0 Å². The highest BCUT2D eigenvalue weighted by atomic mass is 19.1. The minimum atomic E-state index is -0.454. The molecule has 0 aliphatic carbocycles. The summed E-state index contributed by atoms with van der Waals surface area (Å²) < 4.78 is 33.3. The zero-order valence-corrected chi connectivity index (χ0v) is 11.0. The zero-order chi connectivity index (χ0) is 13.4. The molecule has 4 unspecified atom stereocenters. The second-order valence-corrected chi connectivity index (χ2v) is 5.57. The van der Waals surface area contributed by atoms with Gasteiger partial charge in [0.15, 0.2) is 0 Å². The van der Waals surface area contributed by atoms with Crippen LogP contribution in [-0.2, 0) is 11.2 Å². The van der Waals surface area contributed by atoms with E-state index in [0.29, 0.717) is 18.4 Å². The summed E-state index contributed by atoms with van der Waals surface area (Å²) in [5.41, 5.74) is 0.185. The minimum absolute atomic E-state index is 0.0710. The Bertz CT molecular complexity index is 445. The molecule has 0 saturated carbocycles. The highest BCUT2D eigenvalue weighted by Crippen LogP contribution is 2.41. The van der Waals surface area contributed by atoms with E-state index in [9.17, 15) is 8.78 Å². The summed E-state index contributed by atoms with van der Waals surface area (Å²) in [6, 6.07) is 4.12. The van der Waals surface area contributed by atoms with Crippen molar-refractivity contribution in [2.45, 2.75) is 43.9 Å². The second kappa shape index (κ2) is 5.17. The molecular formula is C15H19F2NO. The minimum Gasteiger partial charge on any atom is -0.375 e. The maximum Gasteiger partial charge on any atom is 0.129 e. The van der Waals surface area contributed by atoms with Crippen LogP contribution >= 0.6 is 0 Å². The van der Waals surface area contributed by atoms with Gasteiger partial charge in [0, 0.05) is 17.5 Å². The van der Waals surface area contributed by atoms with Crippen LogP contribution in [0.3, 0.4) is 0 Å². The Morgan fingerprint density at radius 1 is 1.32 bits per heavy atom. The van der Waals surface area contributed by atoms with Crippen molar-refractivity contribution in [3.63, 3.8) is 0 Å². The maximum absolute atomic E-state index is 13.7. The Labute approximate surface area is 112 Å². The van der Waals surface area contributed by atoms with Gasteiger partial charge in [-0.1, -0.05) is 6.07 Å². The first-order chi connectivity index (χ1) is 9.19. The molecule has 2 heterocycles. The first-order valence-corrected chi connectivity index (χ1v) is 6.94. The molecule has 1 N–H and O–H groups in total. The summed E-state index contributed by atoms with van der Waals surface area (Å²) in [5, 5.41) is 3.22. The third kappa shape index (κ3) is 2.39. The van der Waals surface area contributed by atoms with Crippen molar-refractivity contribution >= 4 is 0 Å². The van der Waals surface area contributed by atoms with Crippen molar-refractivity contribution in [2.24, 2.45) is 5.92 Å². The Morgan fingerprint density at radius 2 is 2.05 bits per heavy atom. The zero-order valence-electron chi connectivity index (χ0n) is 11.0. The van der Waals surface area contributed by atoms with Crippen LogP contribution in [0.4, 0.5) is 8.78 Å². The first kappa shape index (κ1) is 13.0. The monoisotopic (exact) mass is 267 g/mol. The number of hydrogen-bond donors (Lipinski definition) is 1. The van der Waals surface area contributed by atoms with E-state index in [1.54, 1.807) is 0 Å². The second-order valence-electron chi connectivity index (χ2n) is 5.57. The van der Waals surface area contributed by atoms with E-state index in [-0.39, 0.29) is 17.7 Å². The molecule has 0 amide bonds. The van der Waals surface area contributed by atoms with Crippen LogP contribution in [0.15, 0.2) is 18.2 Å². The third-order valence-corrected chi connectivity index (χ3v) is 4.53. The lowest BCUT2D eigenvalue weighted by molar-refractivity contribution is 0.0862. The molecule has 19 heavy (non-hydrogen) atoms. The number of hydrogen-bond acceptors (Lipinski definition) is 2. The van der Waals surface area contributed by atoms with E-state index in [2.05, 4.69) is 5.32 Å². The SMILES string of the molecule is CNC(Cc1c(F)cccc1F)C1CC2CCC1O2. The molecule has 2 nitrogen and oxygen atoms in total. The highest BCUT2D eigenvalue weighted by Gasteiger charge is 2.44. The summed E-state index contributed by atoms with van der Waals surface area (Å²) in [4.78, 5) is 0. The fourth-order valence-electron chi connectivity index (χ4n) is 3.52. The molecule has 2 aliphatic heterocycles. The van der Waals surface area contributed by atoms with Crippen LogP contribution in [0, 0.1) is 17.6 Å². The molecule has 0 radical (unpaired) electrons. The lowest BCUT2D eigenvalue weighted by Gasteiger charge is -2.28. The number of benzene rings is 1. The summed E-state index contributed by atoms with van der Waals surface area (Å²) in [6.45, 7) is 0. The van der Waals surface area contributed by atoms with Crippen molar-refractivity contribution < 1.29 is 13.5 Å². The summed E-state index contributed by atoms with van der Waals surface area (Å²) in [7, 11) is 1.86. The molecular weight excluding hydrogens is 248 g/mol. The van der Waals surface area contributed by atoms with Gasteiger partial charge in [0.25, 0.3) is 0 Å². The topological polar surface area (TPSA) is 21.3 Å². The number of ether oxygens (including phenoxy) is 1. The lowest BCUT2D eigenvalue weighted by atomic mass is 9.81. The van der Waals surface area contributed by atoms with Gasteiger partial charge in [0.05, 0.1) is 12.2 Å². The van der Waals surface area contributed by atoms with Gasteiger partial charge in [-0.25, -0.2) is 8.78 Å².